The number of amides is 2. The lowest BCUT2D eigenvalue weighted by Crippen LogP contribution is -2.48. The van der Waals surface area contributed by atoms with Crippen molar-refractivity contribution in [2.45, 2.75) is 64.5 Å². The molecule has 2 atom stereocenters. The van der Waals surface area contributed by atoms with Crippen molar-refractivity contribution in [1.82, 2.24) is 10.2 Å². The van der Waals surface area contributed by atoms with Gasteiger partial charge in [0.25, 0.3) is 0 Å². The lowest BCUT2D eigenvalue weighted by atomic mass is 9.96. The SMILES string of the molecule is CCC(CC)C(O)CNC(=O)C1CCCN1C(=O)C1CC1. The van der Waals surface area contributed by atoms with Crippen LogP contribution in [0.4, 0.5) is 0 Å². The van der Waals surface area contributed by atoms with Gasteiger partial charge in [-0.15, -0.1) is 0 Å². The van der Waals surface area contributed by atoms with E-state index < -0.39 is 6.10 Å². The highest BCUT2D eigenvalue weighted by molar-refractivity contribution is 5.89. The van der Waals surface area contributed by atoms with Gasteiger partial charge in [0, 0.05) is 19.0 Å². The normalized spacial score (nSPS) is 23.4. The van der Waals surface area contributed by atoms with Gasteiger partial charge >= 0.3 is 0 Å². The molecule has 2 aliphatic rings. The second-order valence-electron chi connectivity index (χ2n) is 6.35. The van der Waals surface area contributed by atoms with Gasteiger partial charge in [-0.1, -0.05) is 26.7 Å². The highest BCUT2D eigenvalue weighted by Crippen LogP contribution is 2.33. The van der Waals surface area contributed by atoms with E-state index in [1.165, 1.54) is 0 Å². The summed E-state index contributed by atoms with van der Waals surface area (Å²) in [7, 11) is 0. The zero-order chi connectivity index (χ0) is 15.4. The molecule has 1 saturated carbocycles. The third kappa shape index (κ3) is 3.96. The summed E-state index contributed by atoms with van der Waals surface area (Å²) < 4.78 is 0. The first kappa shape index (κ1) is 16.3. The molecular weight excluding hydrogens is 268 g/mol. The third-order valence-corrected chi connectivity index (χ3v) is 4.84. The molecule has 5 nitrogen and oxygen atoms in total. The third-order valence-electron chi connectivity index (χ3n) is 4.84. The number of likely N-dealkylation sites (tertiary alicyclic amines) is 1. The molecule has 0 bridgehead atoms. The summed E-state index contributed by atoms with van der Waals surface area (Å²) in [5.74, 6) is 0.423. The Bertz CT molecular complexity index is 378. The van der Waals surface area contributed by atoms with Crippen LogP contribution in [0.2, 0.25) is 0 Å². The van der Waals surface area contributed by atoms with Gasteiger partial charge in [-0.25, -0.2) is 0 Å². The molecule has 1 saturated heterocycles. The molecule has 0 spiro atoms. The van der Waals surface area contributed by atoms with Crippen LogP contribution in [0.15, 0.2) is 0 Å². The highest BCUT2D eigenvalue weighted by Gasteiger charge is 2.40. The summed E-state index contributed by atoms with van der Waals surface area (Å²) in [4.78, 5) is 26.2. The molecule has 0 aromatic rings. The van der Waals surface area contributed by atoms with Gasteiger partial charge in [0.2, 0.25) is 11.8 Å². The zero-order valence-electron chi connectivity index (χ0n) is 13.2. The smallest absolute Gasteiger partial charge is 0.242 e. The molecule has 120 valence electrons. The first-order valence-electron chi connectivity index (χ1n) is 8.34. The second kappa shape index (κ2) is 7.25. The van der Waals surface area contributed by atoms with E-state index in [1.807, 2.05) is 13.8 Å². The number of aliphatic hydroxyl groups is 1. The Morgan fingerprint density at radius 3 is 2.48 bits per heavy atom. The molecule has 2 rings (SSSR count). The van der Waals surface area contributed by atoms with Crippen LogP contribution < -0.4 is 5.32 Å². The van der Waals surface area contributed by atoms with Crippen molar-refractivity contribution in [2.24, 2.45) is 11.8 Å². The summed E-state index contributed by atoms with van der Waals surface area (Å²) in [6.07, 6.45) is 4.88. The standard InChI is InChI=1S/C16H28N2O3/c1-3-11(4-2)14(19)10-17-15(20)13-6-5-9-18(13)16(21)12-7-8-12/h11-14,19H,3-10H2,1-2H3,(H,17,20). The minimum atomic E-state index is -0.502. The van der Waals surface area contributed by atoms with Crippen molar-refractivity contribution in [2.75, 3.05) is 13.1 Å². The van der Waals surface area contributed by atoms with Crippen LogP contribution in [0.1, 0.15) is 52.4 Å². The van der Waals surface area contributed by atoms with E-state index in [4.69, 9.17) is 0 Å². The quantitative estimate of drug-likeness (QED) is 0.744. The molecule has 2 unspecified atom stereocenters. The van der Waals surface area contributed by atoms with E-state index in [0.29, 0.717) is 6.54 Å². The topological polar surface area (TPSA) is 69.6 Å². The molecule has 5 heteroatoms. The first-order chi connectivity index (χ1) is 10.1. The van der Waals surface area contributed by atoms with Crippen LogP contribution in [-0.4, -0.2) is 47.1 Å². The Morgan fingerprint density at radius 1 is 1.24 bits per heavy atom. The van der Waals surface area contributed by atoms with Crippen molar-refractivity contribution < 1.29 is 14.7 Å². The van der Waals surface area contributed by atoms with Crippen molar-refractivity contribution in [3.63, 3.8) is 0 Å². The zero-order valence-corrected chi connectivity index (χ0v) is 13.2. The number of carbonyl (C=O) groups excluding carboxylic acids is 2. The van der Waals surface area contributed by atoms with Crippen molar-refractivity contribution in [1.29, 1.82) is 0 Å². The Labute approximate surface area is 127 Å². The van der Waals surface area contributed by atoms with Gasteiger partial charge in [-0.05, 0) is 31.6 Å². The summed E-state index contributed by atoms with van der Waals surface area (Å²) >= 11 is 0. The van der Waals surface area contributed by atoms with Gasteiger partial charge in [0.05, 0.1) is 6.10 Å². The number of hydrogen-bond donors (Lipinski definition) is 2. The number of hydrogen-bond acceptors (Lipinski definition) is 3. The van der Waals surface area contributed by atoms with Crippen molar-refractivity contribution in [3.8, 4) is 0 Å². The van der Waals surface area contributed by atoms with Crippen molar-refractivity contribution >= 4 is 11.8 Å². The molecular formula is C16H28N2O3. The number of nitrogens with zero attached hydrogens (tertiary/aromatic N) is 1. The Balaban J connectivity index is 1.83. The number of nitrogens with one attached hydrogen (secondary N) is 1. The van der Waals surface area contributed by atoms with E-state index in [2.05, 4.69) is 5.32 Å². The summed E-state index contributed by atoms with van der Waals surface area (Å²) in [5.41, 5.74) is 0. The minimum absolute atomic E-state index is 0.105. The van der Waals surface area contributed by atoms with Crippen LogP contribution >= 0.6 is 0 Å². The van der Waals surface area contributed by atoms with Crippen molar-refractivity contribution in [3.05, 3.63) is 0 Å². The summed E-state index contributed by atoms with van der Waals surface area (Å²) in [5, 5.41) is 12.9. The fourth-order valence-electron chi connectivity index (χ4n) is 3.19. The predicted octanol–water partition coefficient (Wildman–Crippen LogP) is 1.30. The van der Waals surface area contributed by atoms with Gasteiger partial charge in [-0.3, -0.25) is 9.59 Å². The maximum Gasteiger partial charge on any atom is 0.242 e. The van der Waals surface area contributed by atoms with Gasteiger partial charge < -0.3 is 15.3 Å². The Kier molecular flexibility index (Phi) is 5.62. The number of rotatable bonds is 7. The lowest BCUT2D eigenvalue weighted by molar-refractivity contribution is -0.139. The van der Waals surface area contributed by atoms with Gasteiger partial charge in [0.1, 0.15) is 6.04 Å². The molecule has 2 N–H and O–H groups in total. The van der Waals surface area contributed by atoms with Crippen LogP contribution in [0, 0.1) is 11.8 Å². The molecule has 21 heavy (non-hydrogen) atoms. The average molecular weight is 296 g/mol. The molecule has 2 fully saturated rings. The van der Waals surface area contributed by atoms with Crippen LogP contribution in [0.5, 0.6) is 0 Å². The lowest BCUT2D eigenvalue weighted by Gasteiger charge is -2.26. The fourth-order valence-corrected chi connectivity index (χ4v) is 3.19. The fraction of sp³-hybridized carbons (Fsp3) is 0.875. The number of carbonyl (C=O) groups is 2. The number of aliphatic hydroxyl groups excluding tert-OH is 1. The van der Waals surface area contributed by atoms with E-state index in [-0.39, 0.29) is 36.2 Å². The highest BCUT2D eigenvalue weighted by atomic mass is 16.3. The Morgan fingerprint density at radius 2 is 1.90 bits per heavy atom. The Hall–Kier alpha value is -1.10. The van der Waals surface area contributed by atoms with E-state index in [0.717, 1.165) is 38.5 Å². The van der Waals surface area contributed by atoms with E-state index in [9.17, 15) is 14.7 Å². The van der Waals surface area contributed by atoms with E-state index in [1.54, 1.807) is 4.90 Å². The molecule has 0 radical (unpaired) electrons. The largest absolute Gasteiger partial charge is 0.391 e. The molecule has 0 aromatic heterocycles. The summed E-state index contributed by atoms with van der Waals surface area (Å²) in [6, 6.07) is -0.327. The monoisotopic (exact) mass is 296 g/mol. The maximum absolute atomic E-state index is 12.3. The second-order valence-corrected chi connectivity index (χ2v) is 6.35. The first-order valence-corrected chi connectivity index (χ1v) is 8.34. The predicted molar refractivity (Wildman–Crippen MR) is 80.5 cm³/mol. The summed E-state index contributed by atoms with van der Waals surface area (Å²) in [6.45, 7) is 5.08. The molecule has 1 heterocycles. The molecule has 2 amide bonds. The van der Waals surface area contributed by atoms with Crippen LogP contribution in [-0.2, 0) is 9.59 Å². The van der Waals surface area contributed by atoms with Gasteiger partial charge in [-0.2, -0.15) is 0 Å². The average Bonchev–Trinajstić information content (AvgIpc) is 3.22. The van der Waals surface area contributed by atoms with E-state index >= 15 is 0 Å². The molecule has 1 aliphatic carbocycles. The maximum atomic E-state index is 12.3. The van der Waals surface area contributed by atoms with Crippen LogP contribution in [0.25, 0.3) is 0 Å². The molecule has 0 aromatic carbocycles. The van der Waals surface area contributed by atoms with Crippen LogP contribution in [0.3, 0.4) is 0 Å². The minimum Gasteiger partial charge on any atom is -0.391 e. The molecule has 1 aliphatic heterocycles. The van der Waals surface area contributed by atoms with Gasteiger partial charge in [0.15, 0.2) is 0 Å².